The highest BCUT2D eigenvalue weighted by molar-refractivity contribution is 7.23. The van der Waals surface area contributed by atoms with E-state index in [1.807, 2.05) is 32.9 Å². The van der Waals surface area contributed by atoms with Gasteiger partial charge in [0.05, 0.1) is 27.8 Å². The Kier molecular flexibility index (Phi) is 8.48. The largest absolute Gasteiger partial charge is 0.444 e. The van der Waals surface area contributed by atoms with Gasteiger partial charge in [0.25, 0.3) is 5.91 Å². The van der Waals surface area contributed by atoms with Gasteiger partial charge in [0, 0.05) is 31.5 Å². The van der Waals surface area contributed by atoms with E-state index in [0.29, 0.717) is 22.7 Å². The predicted octanol–water partition coefficient (Wildman–Crippen LogP) is 5.78. The fraction of sp³-hybridized carbons (Fsp3) is 0.464. The summed E-state index contributed by atoms with van der Waals surface area (Å²) in [6.07, 6.45) is 5.39. The van der Waals surface area contributed by atoms with E-state index < -0.39 is 29.3 Å². The van der Waals surface area contributed by atoms with E-state index >= 15 is 0 Å². The Bertz CT molecular complexity index is 1390. The van der Waals surface area contributed by atoms with Gasteiger partial charge in [0.1, 0.15) is 21.8 Å². The molecule has 4 heterocycles. The number of hydrogen-bond acceptors (Lipinski definition) is 9. The molecule has 4 rings (SSSR count). The molecular formula is C28H36N6O5S. The van der Waals surface area contributed by atoms with Gasteiger partial charge in [-0.1, -0.05) is 0 Å². The monoisotopic (exact) mass is 568 g/mol. The molecule has 0 unspecified atom stereocenters. The first-order valence-corrected chi connectivity index (χ1v) is 14.0. The fourth-order valence-corrected chi connectivity index (χ4v) is 5.40. The molecule has 3 aromatic heterocycles. The van der Waals surface area contributed by atoms with Crippen LogP contribution in [0.2, 0.25) is 0 Å². The number of aromatic nitrogens is 2. The average molecular weight is 569 g/mol. The number of hydrogen-bond donors (Lipinski definition) is 3. The third-order valence-corrected chi connectivity index (χ3v) is 6.88. The molecular weight excluding hydrogens is 532 g/mol. The Labute approximate surface area is 237 Å². The maximum Gasteiger partial charge on any atom is 0.412 e. The molecule has 1 aliphatic heterocycles. The van der Waals surface area contributed by atoms with Crippen LogP contribution in [0.5, 0.6) is 0 Å². The second-order valence-electron chi connectivity index (χ2n) is 11.6. The van der Waals surface area contributed by atoms with Crippen molar-refractivity contribution in [2.24, 2.45) is 0 Å². The summed E-state index contributed by atoms with van der Waals surface area (Å²) in [4.78, 5) is 49.3. The maximum atomic E-state index is 13.7. The van der Waals surface area contributed by atoms with Crippen molar-refractivity contribution in [2.45, 2.75) is 71.6 Å². The molecule has 1 aliphatic rings. The molecule has 12 heteroatoms. The van der Waals surface area contributed by atoms with Gasteiger partial charge < -0.3 is 25.0 Å². The molecule has 0 aliphatic carbocycles. The summed E-state index contributed by atoms with van der Waals surface area (Å²) >= 11 is 1.25. The minimum absolute atomic E-state index is 0.116. The number of pyridine rings is 2. The zero-order valence-electron chi connectivity index (χ0n) is 23.7. The van der Waals surface area contributed by atoms with Crippen LogP contribution in [0.4, 0.5) is 26.0 Å². The van der Waals surface area contributed by atoms with Crippen molar-refractivity contribution < 1.29 is 23.9 Å². The normalized spacial score (nSPS) is 15.8. The topological polar surface area (TPSA) is 135 Å². The molecule has 1 saturated heterocycles. The third-order valence-electron chi connectivity index (χ3n) is 5.82. The molecule has 214 valence electrons. The number of nitrogens with zero attached hydrogens (tertiary/aromatic N) is 3. The summed E-state index contributed by atoms with van der Waals surface area (Å²) in [5.41, 5.74) is 0.706. The maximum absolute atomic E-state index is 13.7. The van der Waals surface area contributed by atoms with Gasteiger partial charge in [-0.15, -0.1) is 11.3 Å². The van der Waals surface area contributed by atoms with Crippen LogP contribution in [0.25, 0.3) is 10.2 Å². The van der Waals surface area contributed by atoms with Crippen molar-refractivity contribution in [3.8, 4) is 0 Å². The van der Waals surface area contributed by atoms with Gasteiger partial charge in [-0.05, 0) is 72.6 Å². The van der Waals surface area contributed by atoms with Crippen molar-refractivity contribution in [1.29, 1.82) is 0 Å². The number of thiophene rings is 1. The van der Waals surface area contributed by atoms with Crippen molar-refractivity contribution in [2.75, 3.05) is 28.6 Å². The number of ether oxygens (including phenoxy) is 2. The number of rotatable bonds is 5. The summed E-state index contributed by atoms with van der Waals surface area (Å²) in [7, 11) is 0. The Morgan fingerprint density at radius 2 is 1.73 bits per heavy atom. The highest BCUT2D eigenvalue weighted by Gasteiger charge is 2.28. The number of amides is 3. The Hall–Kier alpha value is -3.93. The molecule has 0 radical (unpaired) electrons. The van der Waals surface area contributed by atoms with Gasteiger partial charge in [-0.25, -0.2) is 9.59 Å². The number of fused-ring (bicyclic) bond motifs is 1. The SMILES string of the molecule is CC(C)(C)OC(=O)Nc1sc2cccnc2c1C(=O)Nc1cnccc1N1CCC[C@H](NC(=O)OC(C)(C)C)C1. The Balaban J connectivity index is 1.55. The molecule has 0 bridgehead atoms. The van der Waals surface area contributed by atoms with E-state index in [0.717, 1.165) is 29.8 Å². The standard InChI is InChI=1S/C28H36N6O5S/c1-27(2,3)38-25(36)31-17-9-8-14-34(16-17)19-11-13-29-15-18(19)32-23(35)21-22-20(10-7-12-30-22)40-24(21)33-26(37)39-28(4,5)6/h7,10-13,15,17H,8-9,14,16H2,1-6H3,(H,31,36)(H,32,35)(H,33,37)/t17-/m0/s1. The predicted molar refractivity (Wildman–Crippen MR) is 156 cm³/mol. The van der Waals surface area contributed by atoms with Crippen molar-refractivity contribution in [1.82, 2.24) is 15.3 Å². The number of carbonyl (C=O) groups is 3. The smallest absolute Gasteiger partial charge is 0.412 e. The number of carbonyl (C=O) groups excluding carboxylic acids is 3. The molecule has 0 spiro atoms. The second-order valence-corrected chi connectivity index (χ2v) is 12.6. The second kappa shape index (κ2) is 11.7. The van der Waals surface area contributed by atoms with Gasteiger partial charge in [0.15, 0.2) is 0 Å². The average Bonchev–Trinajstić information content (AvgIpc) is 3.19. The van der Waals surface area contributed by atoms with Crippen LogP contribution in [-0.4, -0.2) is 58.4 Å². The first-order chi connectivity index (χ1) is 18.8. The fourth-order valence-electron chi connectivity index (χ4n) is 4.36. The van der Waals surface area contributed by atoms with Crippen LogP contribution in [0.3, 0.4) is 0 Å². The zero-order valence-corrected chi connectivity index (χ0v) is 24.5. The first-order valence-electron chi connectivity index (χ1n) is 13.2. The van der Waals surface area contributed by atoms with Crippen molar-refractivity contribution in [3.63, 3.8) is 0 Å². The van der Waals surface area contributed by atoms with E-state index in [2.05, 4.69) is 30.8 Å². The number of nitrogens with one attached hydrogen (secondary N) is 3. The molecule has 0 aromatic carbocycles. The lowest BCUT2D eigenvalue weighted by Crippen LogP contribution is -2.49. The zero-order chi connectivity index (χ0) is 29.1. The van der Waals surface area contributed by atoms with Crippen LogP contribution < -0.4 is 20.9 Å². The highest BCUT2D eigenvalue weighted by Crippen LogP contribution is 2.36. The Morgan fingerprint density at radius 3 is 2.45 bits per heavy atom. The van der Waals surface area contributed by atoms with Gasteiger partial charge in [-0.3, -0.25) is 20.1 Å². The Morgan fingerprint density at radius 1 is 1.00 bits per heavy atom. The van der Waals surface area contributed by atoms with Gasteiger partial charge >= 0.3 is 12.2 Å². The minimum Gasteiger partial charge on any atom is -0.444 e. The number of alkyl carbamates (subject to hydrolysis) is 1. The molecule has 3 aromatic rings. The van der Waals surface area contributed by atoms with Gasteiger partial charge in [0.2, 0.25) is 0 Å². The highest BCUT2D eigenvalue weighted by atomic mass is 32.1. The van der Waals surface area contributed by atoms with E-state index in [1.54, 1.807) is 45.4 Å². The van der Waals surface area contributed by atoms with Crippen LogP contribution in [0.1, 0.15) is 64.7 Å². The minimum atomic E-state index is -0.698. The number of piperidine rings is 1. The van der Waals surface area contributed by atoms with Crippen molar-refractivity contribution in [3.05, 3.63) is 42.4 Å². The summed E-state index contributed by atoms with van der Waals surface area (Å²) in [5.74, 6) is -0.439. The summed E-state index contributed by atoms with van der Waals surface area (Å²) in [6, 6.07) is 5.32. The first kappa shape index (κ1) is 29.1. The molecule has 11 nitrogen and oxygen atoms in total. The summed E-state index contributed by atoms with van der Waals surface area (Å²) < 4.78 is 11.6. The molecule has 1 atom stereocenters. The van der Waals surface area contributed by atoms with Gasteiger partial charge in [-0.2, -0.15) is 0 Å². The lowest BCUT2D eigenvalue weighted by atomic mass is 10.0. The van der Waals surface area contributed by atoms with E-state index in [4.69, 9.17) is 9.47 Å². The molecule has 40 heavy (non-hydrogen) atoms. The number of anilines is 3. The third kappa shape index (κ3) is 7.59. The quantitative estimate of drug-likeness (QED) is 0.352. The van der Waals surface area contributed by atoms with E-state index in [9.17, 15) is 14.4 Å². The lowest BCUT2D eigenvalue weighted by molar-refractivity contribution is 0.0499. The molecule has 3 amide bonds. The molecule has 0 saturated carbocycles. The van der Waals surface area contributed by atoms with E-state index in [1.165, 1.54) is 11.3 Å². The summed E-state index contributed by atoms with van der Waals surface area (Å²) in [6.45, 7) is 12.1. The summed E-state index contributed by atoms with van der Waals surface area (Å²) in [5, 5.41) is 8.98. The lowest BCUT2D eigenvalue weighted by Gasteiger charge is -2.35. The molecule has 3 N–H and O–H groups in total. The van der Waals surface area contributed by atoms with Crippen LogP contribution >= 0.6 is 11.3 Å². The van der Waals surface area contributed by atoms with E-state index in [-0.39, 0.29) is 11.6 Å². The van der Waals surface area contributed by atoms with Crippen molar-refractivity contribution >= 4 is 56.0 Å². The molecule has 1 fully saturated rings. The van der Waals surface area contributed by atoms with Crippen LogP contribution in [0, 0.1) is 0 Å². The van der Waals surface area contributed by atoms with Crippen LogP contribution in [0.15, 0.2) is 36.8 Å². The van der Waals surface area contributed by atoms with Crippen LogP contribution in [-0.2, 0) is 9.47 Å².